The summed E-state index contributed by atoms with van der Waals surface area (Å²) in [5, 5.41) is 0. The summed E-state index contributed by atoms with van der Waals surface area (Å²) in [5.74, 6) is 5.05. The number of hydrogen-bond donors (Lipinski definition) is 1. The van der Waals surface area contributed by atoms with Crippen molar-refractivity contribution in [3.05, 3.63) is 35.4 Å². The molecule has 1 atom stereocenters. The van der Waals surface area contributed by atoms with E-state index in [1.807, 2.05) is 32.0 Å². The number of nitrogens with two attached hydrogens (primary N) is 1. The molecule has 0 aromatic heterocycles. The van der Waals surface area contributed by atoms with Crippen LogP contribution < -0.4 is 5.90 Å². The molecule has 0 radical (unpaired) electrons. The predicted octanol–water partition coefficient (Wildman–Crippen LogP) is 1.95. The van der Waals surface area contributed by atoms with E-state index in [4.69, 9.17) is 10.7 Å². The molecule has 0 spiro atoms. The summed E-state index contributed by atoms with van der Waals surface area (Å²) in [6, 6.07) is 8.12. The quantitative estimate of drug-likeness (QED) is 0.655. The summed E-state index contributed by atoms with van der Waals surface area (Å²) >= 11 is 0. The molecule has 1 rings (SSSR count). The zero-order valence-electron chi connectivity index (χ0n) is 6.87. The molecule has 2 nitrogen and oxygen atoms in total. The Hall–Kier alpha value is -0.860. The topological polar surface area (TPSA) is 35.2 Å². The maximum atomic E-state index is 5.05. The molecular formula is C9H13NO. The lowest BCUT2D eigenvalue weighted by Crippen LogP contribution is -2.05. The van der Waals surface area contributed by atoms with Gasteiger partial charge in [-0.25, -0.2) is 5.90 Å². The molecule has 1 aromatic carbocycles. The molecule has 0 aliphatic carbocycles. The first-order valence-electron chi connectivity index (χ1n) is 3.66. The van der Waals surface area contributed by atoms with E-state index in [9.17, 15) is 0 Å². The highest BCUT2D eigenvalue weighted by Gasteiger charge is 2.02. The minimum atomic E-state index is -0.0186. The summed E-state index contributed by atoms with van der Waals surface area (Å²) in [6.45, 7) is 3.97. The van der Waals surface area contributed by atoms with E-state index in [-0.39, 0.29) is 6.10 Å². The van der Waals surface area contributed by atoms with Crippen LogP contribution in [0.15, 0.2) is 24.3 Å². The second-order valence-electron chi connectivity index (χ2n) is 2.69. The Labute approximate surface area is 66.9 Å². The highest BCUT2D eigenvalue weighted by molar-refractivity contribution is 5.23. The van der Waals surface area contributed by atoms with Gasteiger partial charge in [0, 0.05) is 0 Å². The zero-order chi connectivity index (χ0) is 8.27. The van der Waals surface area contributed by atoms with Gasteiger partial charge in [-0.3, -0.25) is 4.84 Å². The van der Waals surface area contributed by atoms with E-state index in [0.717, 1.165) is 5.56 Å². The fraction of sp³-hybridized carbons (Fsp3) is 0.333. The fourth-order valence-electron chi connectivity index (χ4n) is 1.00. The van der Waals surface area contributed by atoms with Crippen molar-refractivity contribution in [1.29, 1.82) is 0 Å². The number of aryl methyl sites for hydroxylation is 1. The average Bonchev–Trinajstić information content (AvgIpc) is 2.03. The van der Waals surface area contributed by atoms with Crippen molar-refractivity contribution in [2.24, 2.45) is 5.90 Å². The highest BCUT2D eigenvalue weighted by Crippen LogP contribution is 2.15. The molecule has 2 N–H and O–H groups in total. The van der Waals surface area contributed by atoms with Gasteiger partial charge in [0.05, 0.1) is 0 Å². The average molecular weight is 151 g/mol. The van der Waals surface area contributed by atoms with Gasteiger partial charge in [0.1, 0.15) is 6.10 Å². The fourth-order valence-corrected chi connectivity index (χ4v) is 1.00. The van der Waals surface area contributed by atoms with Gasteiger partial charge in [-0.2, -0.15) is 0 Å². The molecular weight excluding hydrogens is 138 g/mol. The lowest BCUT2D eigenvalue weighted by Gasteiger charge is -2.08. The number of rotatable bonds is 2. The Morgan fingerprint density at radius 2 is 2.18 bits per heavy atom. The van der Waals surface area contributed by atoms with Gasteiger partial charge in [-0.05, 0) is 19.4 Å². The van der Waals surface area contributed by atoms with Crippen LogP contribution in [0, 0.1) is 6.92 Å². The minimum Gasteiger partial charge on any atom is -0.297 e. The Morgan fingerprint density at radius 3 is 2.73 bits per heavy atom. The Balaban J connectivity index is 2.86. The molecule has 0 bridgehead atoms. The van der Waals surface area contributed by atoms with Crippen LogP contribution in [0.1, 0.15) is 24.2 Å². The first kappa shape index (κ1) is 8.24. The van der Waals surface area contributed by atoms with Gasteiger partial charge in [-0.15, -0.1) is 0 Å². The first-order chi connectivity index (χ1) is 5.24. The Morgan fingerprint density at radius 1 is 1.45 bits per heavy atom. The van der Waals surface area contributed by atoms with Crippen LogP contribution in [-0.2, 0) is 4.84 Å². The normalized spacial score (nSPS) is 13.0. The Kier molecular flexibility index (Phi) is 2.63. The molecule has 0 aliphatic rings. The molecule has 60 valence electrons. The smallest absolute Gasteiger partial charge is 0.101 e. The number of benzene rings is 1. The third-order valence-electron chi connectivity index (χ3n) is 1.72. The van der Waals surface area contributed by atoms with Gasteiger partial charge in [0.2, 0.25) is 0 Å². The predicted molar refractivity (Wildman–Crippen MR) is 44.9 cm³/mol. The van der Waals surface area contributed by atoms with Crippen LogP contribution in [0.25, 0.3) is 0 Å². The summed E-state index contributed by atoms with van der Waals surface area (Å²) in [6.07, 6.45) is -0.0186. The molecule has 11 heavy (non-hydrogen) atoms. The second-order valence-corrected chi connectivity index (χ2v) is 2.69. The molecule has 0 fully saturated rings. The van der Waals surface area contributed by atoms with Gasteiger partial charge < -0.3 is 0 Å². The molecule has 0 saturated carbocycles. The van der Waals surface area contributed by atoms with E-state index in [2.05, 4.69) is 6.07 Å². The monoisotopic (exact) mass is 151 g/mol. The minimum absolute atomic E-state index is 0.0186. The van der Waals surface area contributed by atoms with Crippen LogP contribution in [0.2, 0.25) is 0 Å². The summed E-state index contributed by atoms with van der Waals surface area (Å²) in [4.78, 5) is 4.69. The van der Waals surface area contributed by atoms with Crippen molar-refractivity contribution in [1.82, 2.24) is 0 Å². The van der Waals surface area contributed by atoms with E-state index in [0.29, 0.717) is 0 Å². The molecule has 1 unspecified atom stereocenters. The summed E-state index contributed by atoms with van der Waals surface area (Å²) < 4.78 is 0. The van der Waals surface area contributed by atoms with Gasteiger partial charge in [0.25, 0.3) is 0 Å². The van der Waals surface area contributed by atoms with Gasteiger partial charge in [-0.1, -0.05) is 29.8 Å². The van der Waals surface area contributed by atoms with Crippen LogP contribution in [0.4, 0.5) is 0 Å². The lowest BCUT2D eigenvalue weighted by atomic mass is 10.1. The summed E-state index contributed by atoms with van der Waals surface area (Å²) in [7, 11) is 0. The highest BCUT2D eigenvalue weighted by atomic mass is 16.6. The van der Waals surface area contributed by atoms with Crippen LogP contribution in [-0.4, -0.2) is 0 Å². The molecule has 1 aromatic rings. The van der Waals surface area contributed by atoms with Crippen molar-refractivity contribution in [2.45, 2.75) is 20.0 Å². The molecule has 0 amide bonds. The lowest BCUT2D eigenvalue weighted by molar-refractivity contribution is 0.0664. The number of hydrogen-bond acceptors (Lipinski definition) is 2. The van der Waals surface area contributed by atoms with Crippen LogP contribution >= 0.6 is 0 Å². The SMILES string of the molecule is Cc1cccc(C(C)ON)c1. The third kappa shape index (κ3) is 2.03. The summed E-state index contributed by atoms with van der Waals surface area (Å²) in [5.41, 5.74) is 2.35. The van der Waals surface area contributed by atoms with Crippen molar-refractivity contribution >= 4 is 0 Å². The second kappa shape index (κ2) is 3.51. The van der Waals surface area contributed by atoms with Gasteiger partial charge in [0.15, 0.2) is 0 Å². The largest absolute Gasteiger partial charge is 0.297 e. The van der Waals surface area contributed by atoms with Crippen molar-refractivity contribution in [3.8, 4) is 0 Å². The molecule has 0 heterocycles. The standard InChI is InChI=1S/C9H13NO/c1-7-4-3-5-9(6-7)8(2)11-10/h3-6,8H,10H2,1-2H3. The van der Waals surface area contributed by atoms with Gasteiger partial charge >= 0.3 is 0 Å². The van der Waals surface area contributed by atoms with Crippen molar-refractivity contribution in [2.75, 3.05) is 0 Å². The zero-order valence-corrected chi connectivity index (χ0v) is 6.87. The van der Waals surface area contributed by atoms with E-state index in [1.54, 1.807) is 0 Å². The van der Waals surface area contributed by atoms with E-state index >= 15 is 0 Å². The maximum absolute atomic E-state index is 5.05. The van der Waals surface area contributed by atoms with E-state index < -0.39 is 0 Å². The van der Waals surface area contributed by atoms with Crippen LogP contribution in [0.3, 0.4) is 0 Å². The van der Waals surface area contributed by atoms with Crippen LogP contribution in [0.5, 0.6) is 0 Å². The third-order valence-corrected chi connectivity index (χ3v) is 1.72. The maximum Gasteiger partial charge on any atom is 0.101 e. The first-order valence-corrected chi connectivity index (χ1v) is 3.66. The molecule has 0 aliphatic heterocycles. The Bertz CT molecular complexity index is 235. The van der Waals surface area contributed by atoms with Crippen molar-refractivity contribution in [3.63, 3.8) is 0 Å². The van der Waals surface area contributed by atoms with E-state index in [1.165, 1.54) is 5.56 Å². The molecule has 0 saturated heterocycles. The van der Waals surface area contributed by atoms with Crippen molar-refractivity contribution < 1.29 is 4.84 Å². The molecule has 2 heteroatoms.